The number of ether oxygens (including phenoxy) is 1. The molecule has 1 aliphatic rings. The van der Waals surface area contributed by atoms with Gasteiger partial charge in [-0.05, 0) is 68.7 Å². The fourth-order valence-corrected chi connectivity index (χ4v) is 3.74. The molecular formula is C25H30N4O3. The van der Waals surface area contributed by atoms with Crippen LogP contribution in [0.25, 0.3) is 11.4 Å². The van der Waals surface area contributed by atoms with Gasteiger partial charge in [0.1, 0.15) is 5.75 Å². The molecule has 0 bridgehead atoms. The summed E-state index contributed by atoms with van der Waals surface area (Å²) in [5.74, 6) is 1.79. The molecule has 0 unspecified atom stereocenters. The summed E-state index contributed by atoms with van der Waals surface area (Å²) in [6.07, 6.45) is 3.35. The number of carbonyl (C=O) groups excluding carboxylic acids is 1. The molecule has 2 aromatic carbocycles. The molecule has 0 aliphatic carbocycles. The van der Waals surface area contributed by atoms with Crippen molar-refractivity contribution in [2.24, 2.45) is 0 Å². The molecule has 2 heterocycles. The third-order valence-corrected chi connectivity index (χ3v) is 5.42. The molecule has 32 heavy (non-hydrogen) atoms. The van der Waals surface area contributed by atoms with Crippen LogP contribution in [0, 0.1) is 0 Å². The first kappa shape index (κ1) is 21.9. The maximum atomic E-state index is 12.2. The molecule has 0 spiro atoms. The molecule has 7 nitrogen and oxygen atoms in total. The third kappa shape index (κ3) is 5.87. The lowest BCUT2D eigenvalue weighted by Gasteiger charge is -2.17. The fourth-order valence-electron chi connectivity index (χ4n) is 3.74. The van der Waals surface area contributed by atoms with E-state index in [1.807, 2.05) is 50.2 Å². The summed E-state index contributed by atoms with van der Waals surface area (Å²) in [4.78, 5) is 19.0. The molecule has 0 saturated carbocycles. The number of aryl methyl sites for hydroxylation is 1. The van der Waals surface area contributed by atoms with Gasteiger partial charge in [0.25, 0.3) is 0 Å². The van der Waals surface area contributed by atoms with Gasteiger partial charge in [0.05, 0.1) is 6.10 Å². The molecule has 0 atom stereocenters. The topological polar surface area (TPSA) is 80.5 Å². The number of nitrogens with zero attached hydrogens (tertiary/aromatic N) is 3. The number of aromatic nitrogens is 2. The largest absolute Gasteiger partial charge is 0.491 e. The molecule has 1 amide bonds. The minimum atomic E-state index is -0.0535. The molecule has 1 saturated heterocycles. The lowest BCUT2D eigenvalue weighted by Crippen LogP contribution is -2.23. The Bertz CT molecular complexity index is 1010. The first-order chi connectivity index (χ1) is 15.6. The SMILES string of the molecule is CC(C)Oc1ccc(CNC(=O)CCc2nc(-c3ccc(N4CCCC4)cc3)no2)cc1. The van der Waals surface area contributed by atoms with Crippen LogP contribution in [0.5, 0.6) is 5.75 Å². The van der Waals surface area contributed by atoms with E-state index in [9.17, 15) is 4.79 Å². The van der Waals surface area contributed by atoms with Crippen LogP contribution in [-0.4, -0.2) is 35.2 Å². The Morgan fingerprint density at radius 1 is 1.09 bits per heavy atom. The summed E-state index contributed by atoms with van der Waals surface area (Å²) in [5.41, 5.74) is 3.16. The van der Waals surface area contributed by atoms with Crippen molar-refractivity contribution in [2.45, 2.75) is 52.2 Å². The maximum absolute atomic E-state index is 12.2. The summed E-state index contributed by atoms with van der Waals surface area (Å²) in [5, 5.41) is 7.00. The third-order valence-electron chi connectivity index (χ3n) is 5.42. The van der Waals surface area contributed by atoms with Crippen LogP contribution in [-0.2, 0) is 17.8 Å². The standard InChI is InChI=1S/C25H30N4O3/c1-18(2)31-22-11-5-19(6-12-22)17-26-23(30)13-14-24-27-25(28-32-24)20-7-9-21(10-8-20)29-15-3-4-16-29/h5-12,18H,3-4,13-17H2,1-2H3,(H,26,30). The zero-order valence-electron chi connectivity index (χ0n) is 18.7. The Morgan fingerprint density at radius 2 is 1.81 bits per heavy atom. The molecule has 1 aromatic heterocycles. The van der Waals surface area contributed by atoms with Gasteiger partial charge in [-0.3, -0.25) is 4.79 Å². The highest BCUT2D eigenvalue weighted by Gasteiger charge is 2.14. The van der Waals surface area contributed by atoms with Gasteiger partial charge in [0, 0.05) is 43.7 Å². The summed E-state index contributed by atoms with van der Waals surface area (Å²) in [7, 11) is 0. The van der Waals surface area contributed by atoms with Crippen molar-refractivity contribution in [3.05, 3.63) is 60.0 Å². The van der Waals surface area contributed by atoms with Crippen molar-refractivity contribution in [3.8, 4) is 17.1 Å². The summed E-state index contributed by atoms with van der Waals surface area (Å²) < 4.78 is 11.0. The number of nitrogens with one attached hydrogen (secondary N) is 1. The predicted molar refractivity (Wildman–Crippen MR) is 124 cm³/mol. The van der Waals surface area contributed by atoms with Gasteiger partial charge in [-0.1, -0.05) is 17.3 Å². The molecule has 1 fully saturated rings. The molecule has 1 N–H and O–H groups in total. The van der Waals surface area contributed by atoms with Gasteiger partial charge in [0.15, 0.2) is 0 Å². The van der Waals surface area contributed by atoms with E-state index in [4.69, 9.17) is 9.26 Å². The van der Waals surface area contributed by atoms with Crippen LogP contribution in [0.3, 0.4) is 0 Å². The average Bonchev–Trinajstić information content (AvgIpc) is 3.49. The van der Waals surface area contributed by atoms with Gasteiger partial charge in [0.2, 0.25) is 17.6 Å². The van der Waals surface area contributed by atoms with Gasteiger partial charge in [-0.25, -0.2) is 0 Å². The number of amides is 1. The van der Waals surface area contributed by atoms with E-state index in [1.54, 1.807) is 0 Å². The van der Waals surface area contributed by atoms with Crippen molar-refractivity contribution in [2.75, 3.05) is 18.0 Å². The Morgan fingerprint density at radius 3 is 2.50 bits per heavy atom. The highest BCUT2D eigenvalue weighted by atomic mass is 16.5. The van der Waals surface area contributed by atoms with Crippen LogP contribution < -0.4 is 15.0 Å². The maximum Gasteiger partial charge on any atom is 0.227 e. The van der Waals surface area contributed by atoms with E-state index in [-0.39, 0.29) is 12.0 Å². The number of anilines is 1. The second-order valence-electron chi connectivity index (χ2n) is 8.34. The first-order valence-electron chi connectivity index (χ1n) is 11.3. The Hall–Kier alpha value is -3.35. The van der Waals surface area contributed by atoms with E-state index in [2.05, 4.69) is 32.5 Å². The van der Waals surface area contributed by atoms with Gasteiger partial charge >= 0.3 is 0 Å². The molecular weight excluding hydrogens is 404 g/mol. The summed E-state index contributed by atoms with van der Waals surface area (Å²) in [6, 6.07) is 16.0. The number of hydrogen-bond acceptors (Lipinski definition) is 6. The van der Waals surface area contributed by atoms with Crippen LogP contribution in [0.1, 0.15) is 44.6 Å². The van der Waals surface area contributed by atoms with Crippen LogP contribution >= 0.6 is 0 Å². The lowest BCUT2D eigenvalue weighted by atomic mass is 10.2. The highest BCUT2D eigenvalue weighted by Crippen LogP contribution is 2.24. The molecule has 3 aromatic rings. The van der Waals surface area contributed by atoms with E-state index in [0.717, 1.165) is 30.0 Å². The molecule has 0 radical (unpaired) electrons. The number of benzene rings is 2. The Labute approximate surface area is 188 Å². The molecule has 4 rings (SSSR count). The van der Waals surface area contributed by atoms with Crippen LogP contribution in [0.4, 0.5) is 5.69 Å². The Balaban J connectivity index is 1.23. The normalized spacial score (nSPS) is 13.5. The monoisotopic (exact) mass is 434 g/mol. The van der Waals surface area contributed by atoms with E-state index in [0.29, 0.717) is 31.1 Å². The van der Waals surface area contributed by atoms with E-state index >= 15 is 0 Å². The number of hydrogen-bond donors (Lipinski definition) is 1. The van der Waals surface area contributed by atoms with E-state index < -0.39 is 0 Å². The van der Waals surface area contributed by atoms with Gasteiger partial charge < -0.3 is 19.5 Å². The second-order valence-corrected chi connectivity index (χ2v) is 8.34. The zero-order valence-corrected chi connectivity index (χ0v) is 18.7. The summed E-state index contributed by atoms with van der Waals surface area (Å²) in [6.45, 7) is 6.69. The molecule has 7 heteroatoms. The smallest absolute Gasteiger partial charge is 0.227 e. The van der Waals surface area contributed by atoms with Crippen LogP contribution in [0.2, 0.25) is 0 Å². The van der Waals surface area contributed by atoms with Gasteiger partial charge in [-0.2, -0.15) is 4.98 Å². The van der Waals surface area contributed by atoms with Crippen molar-refractivity contribution >= 4 is 11.6 Å². The number of rotatable bonds is 9. The minimum absolute atomic E-state index is 0.0535. The quantitative estimate of drug-likeness (QED) is 0.539. The highest BCUT2D eigenvalue weighted by molar-refractivity contribution is 5.76. The molecule has 1 aliphatic heterocycles. The zero-order chi connectivity index (χ0) is 22.3. The lowest BCUT2D eigenvalue weighted by molar-refractivity contribution is -0.121. The van der Waals surface area contributed by atoms with Crippen molar-refractivity contribution in [1.82, 2.24) is 15.5 Å². The fraction of sp³-hybridized carbons (Fsp3) is 0.400. The van der Waals surface area contributed by atoms with Gasteiger partial charge in [-0.15, -0.1) is 0 Å². The van der Waals surface area contributed by atoms with Crippen molar-refractivity contribution in [1.29, 1.82) is 0 Å². The predicted octanol–water partition coefficient (Wildman–Crippen LogP) is 4.37. The number of carbonyl (C=O) groups is 1. The molecule has 168 valence electrons. The van der Waals surface area contributed by atoms with Crippen molar-refractivity contribution < 1.29 is 14.1 Å². The summed E-state index contributed by atoms with van der Waals surface area (Å²) >= 11 is 0. The second kappa shape index (κ2) is 10.3. The Kier molecular flexibility index (Phi) is 7.04. The minimum Gasteiger partial charge on any atom is -0.491 e. The van der Waals surface area contributed by atoms with Crippen LogP contribution in [0.15, 0.2) is 53.1 Å². The van der Waals surface area contributed by atoms with E-state index in [1.165, 1.54) is 18.5 Å². The average molecular weight is 435 g/mol. The first-order valence-corrected chi connectivity index (χ1v) is 11.3. The van der Waals surface area contributed by atoms with Crippen molar-refractivity contribution in [3.63, 3.8) is 0 Å².